The van der Waals surface area contributed by atoms with E-state index in [1.165, 1.54) is 36.4 Å². The Hall–Kier alpha value is -1.22. The maximum absolute atomic E-state index is 13.0. The van der Waals surface area contributed by atoms with Gasteiger partial charge in [0.2, 0.25) is 0 Å². The molecule has 0 spiro atoms. The van der Waals surface area contributed by atoms with Crippen LogP contribution in [-0.2, 0) is 14.8 Å². The van der Waals surface area contributed by atoms with Gasteiger partial charge in [0.25, 0.3) is 15.9 Å². The van der Waals surface area contributed by atoms with Crippen LogP contribution in [0.25, 0.3) is 0 Å². The number of rotatable bonds is 5. The van der Waals surface area contributed by atoms with Gasteiger partial charge in [-0.05, 0) is 36.4 Å². The zero-order valence-corrected chi connectivity index (χ0v) is 16.2. The maximum atomic E-state index is 13.0. The van der Waals surface area contributed by atoms with E-state index in [2.05, 4.69) is 0 Å². The molecule has 25 heavy (non-hydrogen) atoms. The second-order valence-corrected chi connectivity index (χ2v) is 8.33. The van der Waals surface area contributed by atoms with E-state index in [0.29, 0.717) is 0 Å². The van der Waals surface area contributed by atoms with Crippen LogP contribution in [0.4, 0.5) is 5.69 Å². The van der Waals surface area contributed by atoms with Gasteiger partial charge in [-0.1, -0.05) is 46.4 Å². The Kier molecular flexibility index (Phi) is 6.42. The number of carbonyl (C=O) groups is 1. The quantitative estimate of drug-likeness (QED) is 0.421. The molecule has 0 radical (unpaired) electrons. The SMILES string of the molecule is NNC(=O)CN(c1cc(Cl)cc(Cl)c1)S(=O)(=O)c1ccc(Cl)c(Cl)c1. The number of hydrogen-bond donors (Lipinski definition) is 2. The van der Waals surface area contributed by atoms with E-state index in [-0.39, 0.29) is 30.7 Å². The second-order valence-electron chi connectivity index (χ2n) is 4.78. The van der Waals surface area contributed by atoms with Crippen molar-refractivity contribution in [3.63, 3.8) is 0 Å². The van der Waals surface area contributed by atoms with Crippen LogP contribution in [-0.4, -0.2) is 20.9 Å². The van der Waals surface area contributed by atoms with Crippen molar-refractivity contribution >= 4 is 68.0 Å². The number of benzene rings is 2. The summed E-state index contributed by atoms with van der Waals surface area (Å²) >= 11 is 23.6. The minimum atomic E-state index is -4.18. The molecule has 134 valence electrons. The van der Waals surface area contributed by atoms with E-state index < -0.39 is 22.5 Å². The Balaban J connectivity index is 2.60. The molecule has 2 aromatic carbocycles. The highest BCUT2D eigenvalue weighted by molar-refractivity contribution is 7.92. The molecule has 0 aliphatic carbocycles. The molecule has 0 bridgehead atoms. The summed E-state index contributed by atoms with van der Waals surface area (Å²) in [4.78, 5) is 11.5. The van der Waals surface area contributed by atoms with E-state index in [9.17, 15) is 13.2 Å². The van der Waals surface area contributed by atoms with E-state index in [4.69, 9.17) is 52.2 Å². The normalized spacial score (nSPS) is 11.2. The second kappa shape index (κ2) is 7.99. The largest absolute Gasteiger partial charge is 0.293 e. The first-order valence-electron chi connectivity index (χ1n) is 6.58. The van der Waals surface area contributed by atoms with Crippen LogP contribution in [0.2, 0.25) is 20.1 Å². The number of nitrogens with zero attached hydrogens (tertiary/aromatic N) is 1. The van der Waals surface area contributed by atoms with Gasteiger partial charge < -0.3 is 0 Å². The minimum Gasteiger partial charge on any atom is -0.293 e. The first kappa shape index (κ1) is 20.1. The van der Waals surface area contributed by atoms with Gasteiger partial charge in [0.05, 0.1) is 20.6 Å². The number of anilines is 1. The molecular weight excluding hydrogens is 432 g/mol. The molecule has 0 aromatic heterocycles. The Morgan fingerprint density at radius 3 is 2.12 bits per heavy atom. The molecule has 0 aliphatic rings. The summed E-state index contributed by atoms with van der Waals surface area (Å²) in [6, 6.07) is 7.92. The van der Waals surface area contributed by atoms with E-state index in [1.807, 2.05) is 5.43 Å². The molecule has 0 heterocycles. The molecule has 0 unspecified atom stereocenters. The van der Waals surface area contributed by atoms with Crippen LogP contribution in [0.3, 0.4) is 0 Å². The lowest BCUT2D eigenvalue weighted by molar-refractivity contribution is -0.119. The summed E-state index contributed by atoms with van der Waals surface area (Å²) in [5.74, 6) is 4.34. The summed E-state index contributed by atoms with van der Waals surface area (Å²) in [7, 11) is -4.18. The molecule has 2 rings (SSSR count). The number of hydrazine groups is 1. The lowest BCUT2D eigenvalue weighted by Gasteiger charge is -2.24. The molecular formula is C14H11Cl4N3O3S. The smallest absolute Gasteiger partial charge is 0.264 e. The molecule has 0 fully saturated rings. The molecule has 0 saturated carbocycles. The lowest BCUT2D eigenvalue weighted by atomic mass is 10.3. The third kappa shape index (κ3) is 4.69. The van der Waals surface area contributed by atoms with Crippen molar-refractivity contribution in [1.82, 2.24) is 5.43 Å². The predicted molar refractivity (Wildman–Crippen MR) is 99.8 cm³/mol. The Labute approximate surface area is 164 Å². The highest BCUT2D eigenvalue weighted by Crippen LogP contribution is 2.31. The van der Waals surface area contributed by atoms with Gasteiger partial charge in [0.1, 0.15) is 6.54 Å². The third-order valence-electron chi connectivity index (χ3n) is 3.06. The van der Waals surface area contributed by atoms with Gasteiger partial charge in [-0.15, -0.1) is 0 Å². The lowest BCUT2D eigenvalue weighted by Crippen LogP contribution is -2.43. The Bertz CT molecular complexity index is 901. The predicted octanol–water partition coefficient (Wildman–Crippen LogP) is 3.49. The van der Waals surface area contributed by atoms with Crippen LogP contribution in [0.5, 0.6) is 0 Å². The van der Waals surface area contributed by atoms with E-state index in [0.717, 1.165) is 4.31 Å². The maximum Gasteiger partial charge on any atom is 0.264 e. The number of hydrogen-bond acceptors (Lipinski definition) is 4. The number of nitrogens with one attached hydrogen (secondary N) is 1. The fourth-order valence-corrected chi connectivity index (χ4v) is 4.25. The first-order valence-corrected chi connectivity index (χ1v) is 9.53. The minimum absolute atomic E-state index is 0.0510. The summed E-state index contributed by atoms with van der Waals surface area (Å²) in [6.45, 7) is -0.588. The van der Waals surface area contributed by atoms with Gasteiger partial charge in [-0.2, -0.15) is 0 Å². The number of nitrogens with two attached hydrogens (primary N) is 1. The van der Waals surface area contributed by atoms with Gasteiger partial charge in [0, 0.05) is 10.0 Å². The molecule has 0 aliphatic heterocycles. The van der Waals surface area contributed by atoms with Crippen LogP contribution in [0, 0.1) is 0 Å². The van der Waals surface area contributed by atoms with Gasteiger partial charge in [-0.3, -0.25) is 14.5 Å². The average Bonchev–Trinajstić information content (AvgIpc) is 2.53. The monoisotopic (exact) mass is 441 g/mol. The number of halogens is 4. The molecule has 0 saturated heterocycles. The Morgan fingerprint density at radius 1 is 1.00 bits per heavy atom. The highest BCUT2D eigenvalue weighted by Gasteiger charge is 2.28. The van der Waals surface area contributed by atoms with Crippen molar-refractivity contribution in [3.8, 4) is 0 Å². The van der Waals surface area contributed by atoms with Crippen molar-refractivity contribution in [3.05, 3.63) is 56.5 Å². The topological polar surface area (TPSA) is 92.5 Å². The van der Waals surface area contributed by atoms with E-state index >= 15 is 0 Å². The van der Waals surface area contributed by atoms with Gasteiger partial charge >= 0.3 is 0 Å². The molecule has 2 aromatic rings. The van der Waals surface area contributed by atoms with Crippen molar-refractivity contribution in [2.24, 2.45) is 5.84 Å². The van der Waals surface area contributed by atoms with Crippen LogP contribution >= 0.6 is 46.4 Å². The Morgan fingerprint density at radius 2 is 1.60 bits per heavy atom. The fourth-order valence-electron chi connectivity index (χ4n) is 1.94. The molecule has 0 atom stereocenters. The number of amides is 1. The molecule has 6 nitrogen and oxygen atoms in total. The number of sulfonamides is 1. The third-order valence-corrected chi connectivity index (χ3v) is 6.01. The zero-order chi connectivity index (χ0) is 18.8. The zero-order valence-electron chi connectivity index (χ0n) is 12.3. The van der Waals surface area contributed by atoms with Crippen molar-refractivity contribution in [2.75, 3.05) is 10.8 Å². The summed E-state index contributed by atoms with van der Waals surface area (Å²) in [5.41, 5.74) is 1.97. The van der Waals surface area contributed by atoms with Gasteiger partial charge in [-0.25, -0.2) is 14.3 Å². The van der Waals surface area contributed by atoms with Crippen molar-refractivity contribution < 1.29 is 13.2 Å². The van der Waals surface area contributed by atoms with Crippen molar-refractivity contribution in [2.45, 2.75) is 4.90 Å². The molecule has 11 heteroatoms. The average molecular weight is 443 g/mol. The summed E-state index contributed by atoms with van der Waals surface area (Å²) < 4.78 is 26.8. The standard InChI is InChI=1S/C14H11Cl4N3O3S/c15-8-3-9(16)5-10(4-8)21(7-14(22)20-19)25(23,24)11-1-2-12(17)13(18)6-11/h1-6H,7,19H2,(H,20,22). The van der Waals surface area contributed by atoms with Crippen molar-refractivity contribution in [1.29, 1.82) is 0 Å². The first-order chi connectivity index (χ1) is 11.6. The van der Waals surface area contributed by atoms with Crippen LogP contribution in [0.1, 0.15) is 0 Å². The van der Waals surface area contributed by atoms with E-state index in [1.54, 1.807) is 0 Å². The van der Waals surface area contributed by atoms with Crippen LogP contribution in [0.15, 0.2) is 41.3 Å². The summed E-state index contributed by atoms with van der Waals surface area (Å²) in [5, 5.41) is 0.641. The highest BCUT2D eigenvalue weighted by atomic mass is 35.5. The van der Waals surface area contributed by atoms with Gasteiger partial charge in [0.15, 0.2) is 0 Å². The number of carbonyl (C=O) groups excluding carboxylic acids is 1. The fraction of sp³-hybridized carbons (Fsp3) is 0.0714. The van der Waals surface area contributed by atoms with Crippen LogP contribution < -0.4 is 15.6 Å². The summed E-state index contributed by atoms with van der Waals surface area (Å²) in [6.07, 6.45) is 0. The molecule has 3 N–H and O–H groups in total. The molecule has 1 amide bonds.